The van der Waals surface area contributed by atoms with Gasteiger partial charge in [0.2, 0.25) is 5.82 Å². The average Bonchev–Trinajstić information content (AvgIpc) is 3.12. The van der Waals surface area contributed by atoms with Crippen LogP contribution in [0.5, 0.6) is 5.75 Å². The maximum atomic E-state index is 10.3. The first kappa shape index (κ1) is 16.3. The molecule has 2 heterocycles. The lowest BCUT2D eigenvalue weighted by Gasteiger charge is -2.29. The lowest BCUT2D eigenvalue weighted by molar-refractivity contribution is 0.402. The van der Waals surface area contributed by atoms with Crippen LogP contribution in [0.1, 0.15) is 24.4 Å². The van der Waals surface area contributed by atoms with Crippen LogP contribution in [0.25, 0.3) is 17.0 Å². The molecule has 1 aliphatic rings. The number of thiocarbonyl (C=S) groups is 1. The van der Waals surface area contributed by atoms with Gasteiger partial charge in [-0.1, -0.05) is 53.7 Å². The number of allylic oxidation sites excluding steroid dienone is 1. The van der Waals surface area contributed by atoms with E-state index >= 15 is 0 Å². The van der Waals surface area contributed by atoms with E-state index in [9.17, 15) is 5.11 Å². The lowest BCUT2D eigenvalue weighted by atomic mass is 9.95. The molecule has 26 heavy (non-hydrogen) atoms. The number of nitrogens with one attached hydrogen (secondary N) is 2. The second-order valence-corrected chi connectivity index (χ2v) is 6.33. The van der Waals surface area contributed by atoms with Gasteiger partial charge in [-0.25, -0.2) is 0 Å². The molecule has 7 heteroatoms. The molecule has 0 fully saturated rings. The van der Waals surface area contributed by atoms with E-state index in [0.29, 0.717) is 22.4 Å². The Labute approximate surface area is 155 Å². The molecule has 4 rings (SSSR count). The summed E-state index contributed by atoms with van der Waals surface area (Å²) in [4.78, 5) is 4.54. The van der Waals surface area contributed by atoms with Gasteiger partial charge in [-0.2, -0.15) is 4.98 Å². The Kier molecular flexibility index (Phi) is 4.14. The summed E-state index contributed by atoms with van der Waals surface area (Å²) in [5, 5.41) is 21.1. The third-order valence-electron chi connectivity index (χ3n) is 4.21. The SMILES string of the molecule is CC1=C(c2nc(-c3ccccc3)no2)C(c2ccccc2O)NC(=S)N1. The van der Waals surface area contributed by atoms with Crippen LogP contribution in [0.2, 0.25) is 0 Å². The summed E-state index contributed by atoms with van der Waals surface area (Å²) in [5.41, 5.74) is 3.09. The zero-order valence-electron chi connectivity index (χ0n) is 13.9. The van der Waals surface area contributed by atoms with Crippen molar-refractivity contribution in [2.45, 2.75) is 13.0 Å². The highest BCUT2D eigenvalue weighted by atomic mass is 32.1. The van der Waals surface area contributed by atoms with E-state index in [1.54, 1.807) is 12.1 Å². The van der Waals surface area contributed by atoms with Gasteiger partial charge < -0.3 is 20.3 Å². The molecule has 0 radical (unpaired) electrons. The molecular weight excluding hydrogens is 348 g/mol. The van der Waals surface area contributed by atoms with Crippen molar-refractivity contribution >= 4 is 22.9 Å². The molecule has 0 spiro atoms. The molecule has 0 saturated heterocycles. The first-order valence-corrected chi connectivity index (χ1v) is 8.50. The fourth-order valence-corrected chi connectivity index (χ4v) is 3.25. The molecule has 0 saturated carbocycles. The molecule has 1 aliphatic heterocycles. The minimum absolute atomic E-state index is 0.169. The maximum absolute atomic E-state index is 10.3. The molecular formula is C19H16N4O2S. The molecule has 1 aromatic heterocycles. The highest BCUT2D eigenvalue weighted by molar-refractivity contribution is 7.80. The standard InChI is InChI=1S/C19H16N4O2S/c1-11-15(18-22-17(23-25-18)12-7-3-2-4-8-12)16(21-19(26)20-11)13-9-5-6-10-14(13)24/h2-10,16,24H,1H3,(H2,20,21,26). The Bertz CT molecular complexity index is 998. The number of benzene rings is 2. The van der Waals surface area contributed by atoms with E-state index in [4.69, 9.17) is 16.7 Å². The van der Waals surface area contributed by atoms with Gasteiger partial charge in [0.05, 0.1) is 11.6 Å². The van der Waals surface area contributed by atoms with Crippen LogP contribution in [0.3, 0.4) is 0 Å². The molecule has 3 N–H and O–H groups in total. The number of nitrogens with zero attached hydrogens (tertiary/aromatic N) is 2. The van der Waals surface area contributed by atoms with Crippen LogP contribution in [0.4, 0.5) is 0 Å². The van der Waals surface area contributed by atoms with Crippen molar-refractivity contribution in [1.82, 2.24) is 20.8 Å². The second-order valence-electron chi connectivity index (χ2n) is 5.92. The van der Waals surface area contributed by atoms with E-state index in [0.717, 1.165) is 16.8 Å². The van der Waals surface area contributed by atoms with Crippen molar-refractivity contribution in [2.75, 3.05) is 0 Å². The summed E-state index contributed by atoms with van der Waals surface area (Å²) < 4.78 is 5.53. The number of aromatic nitrogens is 2. The van der Waals surface area contributed by atoms with Gasteiger partial charge in [0, 0.05) is 16.8 Å². The summed E-state index contributed by atoms with van der Waals surface area (Å²) in [5.74, 6) is 1.05. The number of hydrogen-bond donors (Lipinski definition) is 3. The Morgan fingerprint density at radius 1 is 1.08 bits per heavy atom. The first-order chi connectivity index (χ1) is 12.6. The Morgan fingerprint density at radius 2 is 1.81 bits per heavy atom. The number of rotatable bonds is 3. The van der Waals surface area contributed by atoms with Gasteiger partial charge in [0.25, 0.3) is 5.89 Å². The van der Waals surface area contributed by atoms with Crippen LogP contribution in [0.15, 0.2) is 64.8 Å². The van der Waals surface area contributed by atoms with E-state index < -0.39 is 6.04 Å². The van der Waals surface area contributed by atoms with Gasteiger partial charge in [-0.05, 0) is 25.2 Å². The number of phenols is 1. The van der Waals surface area contributed by atoms with Crippen LogP contribution in [0, 0.1) is 0 Å². The van der Waals surface area contributed by atoms with E-state index in [2.05, 4.69) is 20.8 Å². The van der Waals surface area contributed by atoms with Crippen molar-refractivity contribution in [1.29, 1.82) is 0 Å². The fraction of sp³-hybridized carbons (Fsp3) is 0.105. The normalized spacial score (nSPS) is 17.0. The molecule has 0 aliphatic carbocycles. The second kappa shape index (κ2) is 6.61. The van der Waals surface area contributed by atoms with Gasteiger partial charge >= 0.3 is 0 Å². The summed E-state index contributed by atoms with van der Waals surface area (Å²) in [6, 6.07) is 16.3. The molecule has 6 nitrogen and oxygen atoms in total. The Hall–Kier alpha value is -3.19. The summed E-state index contributed by atoms with van der Waals surface area (Å²) in [6.45, 7) is 1.89. The zero-order valence-corrected chi connectivity index (χ0v) is 14.7. The molecule has 130 valence electrons. The number of para-hydroxylation sites is 1. The smallest absolute Gasteiger partial charge is 0.258 e. The monoisotopic (exact) mass is 364 g/mol. The predicted octanol–water partition coefficient (Wildman–Crippen LogP) is 3.39. The lowest BCUT2D eigenvalue weighted by Crippen LogP contribution is -2.42. The maximum Gasteiger partial charge on any atom is 0.258 e. The van der Waals surface area contributed by atoms with Crippen LogP contribution in [-0.4, -0.2) is 20.4 Å². The zero-order chi connectivity index (χ0) is 18.1. The van der Waals surface area contributed by atoms with E-state index in [-0.39, 0.29) is 5.75 Å². The molecule has 1 unspecified atom stereocenters. The number of aromatic hydroxyl groups is 1. The highest BCUT2D eigenvalue weighted by Gasteiger charge is 2.31. The third-order valence-corrected chi connectivity index (χ3v) is 4.43. The van der Waals surface area contributed by atoms with E-state index in [1.807, 2.05) is 49.4 Å². The van der Waals surface area contributed by atoms with Crippen molar-refractivity contribution in [3.05, 3.63) is 71.7 Å². The minimum Gasteiger partial charge on any atom is -0.508 e. The first-order valence-electron chi connectivity index (χ1n) is 8.09. The third kappa shape index (κ3) is 2.93. The van der Waals surface area contributed by atoms with Crippen molar-refractivity contribution in [3.8, 4) is 17.1 Å². The topological polar surface area (TPSA) is 83.2 Å². The Morgan fingerprint density at radius 3 is 2.58 bits per heavy atom. The van der Waals surface area contributed by atoms with Gasteiger partial charge in [-0.3, -0.25) is 0 Å². The quantitative estimate of drug-likeness (QED) is 0.614. The van der Waals surface area contributed by atoms with Crippen molar-refractivity contribution in [2.24, 2.45) is 0 Å². The van der Waals surface area contributed by atoms with E-state index in [1.165, 1.54) is 0 Å². The fourth-order valence-electron chi connectivity index (χ4n) is 2.98. The summed E-state index contributed by atoms with van der Waals surface area (Å²) in [6.07, 6.45) is 0. The largest absolute Gasteiger partial charge is 0.508 e. The molecule has 3 aromatic rings. The predicted molar refractivity (Wildman–Crippen MR) is 102 cm³/mol. The summed E-state index contributed by atoms with van der Waals surface area (Å²) >= 11 is 5.28. The van der Waals surface area contributed by atoms with Crippen molar-refractivity contribution in [3.63, 3.8) is 0 Å². The highest BCUT2D eigenvalue weighted by Crippen LogP contribution is 2.37. The van der Waals surface area contributed by atoms with Crippen LogP contribution < -0.4 is 10.6 Å². The van der Waals surface area contributed by atoms with Crippen LogP contribution >= 0.6 is 12.2 Å². The van der Waals surface area contributed by atoms with Gasteiger partial charge in [-0.15, -0.1) is 0 Å². The molecule has 1 atom stereocenters. The summed E-state index contributed by atoms with van der Waals surface area (Å²) in [7, 11) is 0. The number of phenolic OH excluding ortho intramolecular Hbond substituents is 1. The van der Waals surface area contributed by atoms with Gasteiger partial charge in [0.15, 0.2) is 5.11 Å². The molecule has 2 aromatic carbocycles. The van der Waals surface area contributed by atoms with Crippen molar-refractivity contribution < 1.29 is 9.63 Å². The van der Waals surface area contributed by atoms with Gasteiger partial charge in [0.1, 0.15) is 5.75 Å². The molecule has 0 amide bonds. The average molecular weight is 364 g/mol. The molecule has 0 bridgehead atoms. The minimum atomic E-state index is -0.394. The Balaban J connectivity index is 1.80. The number of hydrogen-bond acceptors (Lipinski definition) is 5. The van der Waals surface area contributed by atoms with Crippen LogP contribution in [-0.2, 0) is 0 Å².